The van der Waals surface area contributed by atoms with Crippen LogP contribution in [0.15, 0.2) is 59.1 Å². The second-order valence-electron chi connectivity index (χ2n) is 5.11. The summed E-state index contributed by atoms with van der Waals surface area (Å²) in [6.07, 6.45) is 0.849. The fourth-order valence-corrected chi connectivity index (χ4v) is 2.40. The first-order chi connectivity index (χ1) is 11.2. The second-order valence-corrected chi connectivity index (χ2v) is 5.54. The van der Waals surface area contributed by atoms with E-state index in [0.717, 1.165) is 23.7 Å². The van der Waals surface area contributed by atoms with Gasteiger partial charge in [0.2, 0.25) is 5.69 Å². The molecule has 23 heavy (non-hydrogen) atoms. The van der Waals surface area contributed by atoms with Gasteiger partial charge >= 0.3 is 0 Å². The minimum Gasteiger partial charge on any atom is -0.539 e. The van der Waals surface area contributed by atoms with Gasteiger partial charge in [0.05, 0.1) is 11.8 Å². The van der Waals surface area contributed by atoms with Gasteiger partial charge in [0, 0.05) is 17.2 Å². The van der Waals surface area contributed by atoms with Crippen LogP contribution in [0.2, 0.25) is 5.02 Å². The van der Waals surface area contributed by atoms with Crippen LogP contribution in [-0.4, -0.2) is 11.8 Å². The average molecular weight is 330 g/mol. The summed E-state index contributed by atoms with van der Waals surface area (Å²) < 4.78 is 6.31. The fourth-order valence-electron chi connectivity index (χ4n) is 2.28. The van der Waals surface area contributed by atoms with Gasteiger partial charge in [-0.2, -0.15) is 0 Å². The van der Waals surface area contributed by atoms with E-state index in [4.69, 9.17) is 16.1 Å². The van der Waals surface area contributed by atoms with Crippen LogP contribution < -0.4 is 15.1 Å². The van der Waals surface area contributed by atoms with Crippen LogP contribution in [0.5, 0.6) is 5.95 Å². The Morgan fingerprint density at radius 1 is 1.09 bits per heavy atom. The molecule has 1 aromatic heterocycles. The number of nitrogens with one attached hydrogen (secondary N) is 1. The monoisotopic (exact) mass is 329 g/mol. The maximum atomic E-state index is 11.8. The lowest BCUT2D eigenvalue weighted by Crippen LogP contribution is -2.39. The number of hydrogen-bond donors (Lipinski definition) is 1. The fraction of sp³-hybridized carbons (Fsp3) is 0.176. The van der Waals surface area contributed by atoms with Gasteiger partial charge in [-0.25, -0.2) is 0 Å². The first kappa shape index (κ1) is 15.5. The molecule has 0 bridgehead atoms. The maximum Gasteiger partial charge on any atom is 0.253 e. The lowest BCUT2D eigenvalue weighted by Gasteiger charge is -2.04. The third kappa shape index (κ3) is 3.88. The SMILES string of the molecule is [O-]c1on[n+](-c2ccccc2)c1CNCCc1ccc(Cl)cc1. The molecule has 1 N–H and O–H groups in total. The highest BCUT2D eigenvalue weighted by Crippen LogP contribution is 2.11. The highest BCUT2D eigenvalue weighted by molar-refractivity contribution is 6.30. The number of halogens is 1. The molecule has 0 spiro atoms. The lowest BCUT2D eigenvalue weighted by molar-refractivity contribution is -0.677. The van der Waals surface area contributed by atoms with Crippen LogP contribution in [0.25, 0.3) is 5.69 Å². The molecule has 5 nitrogen and oxygen atoms in total. The van der Waals surface area contributed by atoms with E-state index in [2.05, 4.69) is 10.6 Å². The zero-order chi connectivity index (χ0) is 16.1. The van der Waals surface area contributed by atoms with E-state index in [1.165, 1.54) is 10.2 Å². The van der Waals surface area contributed by atoms with E-state index in [0.29, 0.717) is 12.2 Å². The average Bonchev–Trinajstić information content (AvgIpc) is 2.95. The Morgan fingerprint density at radius 3 is 2.57 bits per heavy atom. The highest BCUT2D eigenvalue weighted by atomic mass is 35.5. The van der Waals surface area contributed by atoms with E-state index in [1.807, 2.05) is 54.6 Å². The topological polar surface area (TPSA) is 65.0 Å². The zero-order valence-electron chi connectivity index (χ0n) is 12.4. The van der Waals surface area contributed by atoms with Crippen molar-refractivity contribution in [3.8, 4) is 11.6 Å². The molecule has 0 aliphatic rings. The van der Waals surface area contributed by atoms with Gasteiger partial charge < -0.3 is 14.9 Å². The molecule has 118 valence electrons. The Bertz CT molecular complexity index is 757. The molecule has 0 radical (unpaired) electrons. The van der Waals surface area contributed by atoms with Gasteiger partial charge in [0.1, 0.15) is 0 Å². The van der Waals surface area contributed by atoms with Crippen molar-refractivity contribution >= 4 is 11.6 Å². The van der Waals surface area contributed by atoms with E-state index < -0.39 is 5.95 Å². The minimum atomic E-state index is -0.423. The molecule has 2 aromatic carbocycles. The van der Waals surface area contributed by atoms with Gasteiger partial charge in [-0.15, -0.1) is 0 Å². The van der Waals surface area contributed by atoms with Crippen molar-refractivity contribution in [3.05, 3.63) is 70.9 Å². The first-order valence-electron chi connectivity index (χ1n) is 7.32. The lowest BCUT2D eigenvalue weighted by atomic mass is 10.1. The van der Waals surface area contributed by atoms with Gasteiger partial charge in [-0.1, -0.05) is 41.9 Å². The second kappa shape index (κ2) is 7.26. The molecule has 3 aromatic rings. The van der Waals surface area contributed by atoms with Gasteiger partial charge in [0.15, 0.2) is 5.95 Å². The molecule has 0 fully saturated rings. The summed E-state index contributed by atoms with van der Waals surface area (Å²) in [7, 11) is 0. The number of benzene rings is 2. The standard InChI is InChI=1S/C17H16ClN3O2/c18-14-8-6-13(7-9-14)10-11-19-12-16-17(22)23-20-21(16)15-4-2-1-3-5-15/h1-9,19H,10-12H2. The summed E-state index contributed by atoms with van der Waals surface area (Å²) >= 11 is 5.86. The Balaban J connectivity index is 1.60. The Kier molecular flexibility index (Phi) is 4.90. The number of para-hydroxylation sites is 1. The molecule has 0 unspecified atom stereocenters. The van der Waals surface area contributed by atoms with Crippen molar-refractivity contribution in [2.75, 3.05) is 6.54 Å². The number of nitrogens with zero attached hydrogens (tertiary/aromatic N) is 2. The van der Waals surface area contributed by atoms with Crippen LogP contribution in [-0.2, 0) is 13.0 Å². The predicted molar refractivity (Wildman–Crippen MR) is 84.3 cm³/mol. The summed E-state index contributed by atoms with van der Waals surface area (Å²) in [5.41, 5.74) is 2.46. The van der Waals surface area contributed by atoms with E-state index in [1.54, 1.807) is 0 Å². The van der Waals surface area contributed by atoms with Crippen LogP contribution in [0.3, 0.4) is 0 Å². The van der Waals surface area contributed by atoms with Crippen LogP contribution in [0, 0.1) is 0 Å². The third-order valence-electron chi connectivity index (χ3n) is 3.49. The summed E-state index contributed by atoms with van der Waals surface area (Å²) in [5.74, 6) is -0.423. The molecule has 0 saturated carbocycles. The number of rotatable bonds is 6. The van der Waals surface area contributed by atoms with E-state index >= 15 is 0 Å². The molecule has 0 aliphatic heterocycles. The normalized spacial score (nSPS) is 10.8. The maximum absolute atomic E-state index is 11.8. The van der Waals surface area contributed by atoms with E-state index in [9.17, 15) is 5.11 Å². The largest absolute Gasteiger partial charge is 0.539 e. The molecule has 3 rings (SSSR count). The molecule has 0 amide bonds. The van der Waals surface area contributed by atoms with Gasteiger partial charge in [0.25, 0.3) is 5.69 Å². The van der Waals surface area contributed by atoms with E-state index in [-0.39, 0.29) is 0 Å². The quantitative estimate of drug-likeness (QED) is 0.555. The number of hydrogen-bond acceptors (Lipinski definition) is 4. The molecule has 1 heterocycles. The van der Waals surface area contributed by atoms with Crippen molar-refractivity contribution < 1.29 is 14.3 Å². The van der Waals surface area contributed by atoms with Crippen LogP contribution >= 0.6 is 11.6 Å². The van der Waals surface area contributed by atoms with Crippen molar-refractivity contribution in [1.82, 2.24) is 10.6 Å². The first-order valence-corrected chi connectivity index (χ1v) is 7.70. The van der Waals surface area contributed by atoms with Crippen molar-refractivity contribution in [2.24, 2.45) is 0 Å². The highest BCUT2D eigenvalue weighted by Gasteiger charge is 2.19. The predicted octanol–water partition coefficient (Wildman–Crippen LogP) is 2.01. The number of aromatic nitrogens is 2. The molecule has 0 aliphatic carbocycles. The van der Waals surface area contributed by atoms with Gasteiger partial charge in [-0.05, 0) is 35.3 Å². The summed E-state index contributed by atoms with van der Waals surface area (Å²) in [6, 6.07) is 17.2. The Morgan fingerprint density at radius 2 is 1.83 bits per heavy atom. The Hall–Kier alpha value is -2.37. The molecule has 0 saturated heterocycles. The molecule has 0 atom stereocenters. The van der Waals surface area contributed by atoms with Crippen molar-refractivity contribution in [1.29, 1.82) is 0 Å². The molecular weight excluding hydrogens is 314 g/mol. The summed E-state index contributed by atoms with van der Waals surface area (Å²) in [4.78, 5) is 0. The van der Waals surface area contributed by atoms with Crippen molar-refractivity contribution in [3.63, 3.8) is 0 Å². The third-order valence-corrected chi connectivity index (χ3v) is 3.75. The van der Waals surface area contributed by atoms with Crippen molar-refractivity contribution in [2.45, 2.75) is 13.0 Å². The minimum absolute atomic E-state index is 0.394. The molecule has 6 heteroatoms. The van der Waals surface area contributed by atoms with Crippen LogP contribution in [0.1, 0.15) is 11.3 Å². The summed E-state index contributed by atoms with van der Waals surface area (Å²) in [6.45, 7) is 1.13. The molecular formula is C17H16ClN3O2. The zero-order valence-corrected chi connectivity index (χ0v) is 13.2. The van der Waals surface area contributed by atoms with Crippen LogP contribution in [0.4, 0.5) is 0 Å². The Labute approximate surface area is 139 Å². The smallest absolute Gasteiger partial charge is 0.253 e. The van der Waals surface area contributed by atoms with Gasteiger partial charge in [-0.3, -0.25) is 0 Å². The summed E-state index contributed by atoms with van der Waals surface area (Å²) in [5, 5.41) is 19.6.